The third kappa shape index (κ3) is 5.37. The van der Waals surface area contributed by atoms with Gasteiger partial charge >= 0.3 is 0 Å². The van der Waals surface area contributed by atoms with Gasteiger partial charge < -0.3 is 4.74 Å². The standard InChI is InChI=1S/C10H14BrNO3S/c1-8(11)7-15-10-5-3-9(4-6-10)12-16(2,13)14/h3-6,8,12H,7H2,1-2H3. The van der Waals surface area contributed by atoms with Gasteiger partial charge in [-0.15, -0.1) is 0 Å². The predicted octanol–water partition coefficient (Wildman–Crippen LogP) is 2.22. The van der Waals surface area contributed by atoms with Crippen molar-refractivity contribution in [3.05, 3.63) is 24.3 Å². The molecule has 0 spiro atoms. The van der Waals surface area contributed by atoms with Crippen LogP contribution in [0.15, 0.2) is 24.3 Å². The Hall–Kier alpha value is -0.750. The van der Waals surface area contributed by atoms with Crippen LogP contribution in [-0.4, -0.2) is 26.1 Å². The lowest BCUT2D eigenvalue weighted by atomic mass is 10.3. The van der Waals surface area contributed by atoms with Gasteiger partial charge in [0, 0.05) is 10.5 Å². The normalized spacial score (nSPS) is 13.2. The minimum Gasteiger partial charge on any atom is -0.492 e. The van der Waals surface area contributed by atoms with Crippen LogP contribution >= 0.6 is 15.9 Å². The summed E-state index contributed by atoms with van der Waals surface area (Å²) in [5, 5.41) is 0. The molecule has 0 fully saturated rings. The monoisotopic (exact) mass is 307 g/mol. The Labute approximate surface area is 104 Å². The number of rotatable bonds is 5. The smallest absolute Gasteiger partial charge is 0.229 e. The molecule has 1 aromatic rings. The molecule has 0 saturated heterocycles. The molecule has 0 aliphatic heterocycles. The maximum Gasteiger partial charge on any atom is 0.229 e. The van der Waals surface area contributed by atoms with Gasteiger partial charge in [-0.3, -0.25) is 4.72 Å². The molecule has 0 heterocycles. The largest absolute Gasteiger partial charge is 0.492 e. The van der Waals surface area contributed by atoms with Crippen molar-refractivity contribution < 1.29 is 13.2 Å². The van der Waals surface area contributed by atoms with Crippen LogP contribution in [0, 0.1) is 0 Å². The van der Waals surface area contributed by atoms with E-state index in [2.05, 4.69) is 20.7 Å². The Bertz CT molecular complexity index is 428. The van der Waals surface area contributed by atoms with Crippen molar-refractivity contribution in [2.75, 3.05) is 17.6 Å². The number of halogens is 1. The molecule has 0 bridgehead atoms. The molecule has 6 heteroatoms. The van der Waals surface area contributed by atoms with Crippen molar-refractivity contribution in [3.8, 4) is 5.75 Å². The third-order valence-corrected chi connectivity index (χ3v) is 2.51. The van der Waals surface area contributed by atoms with Crippen LogP contribution < -0.4 is 9.46 Å². The maximum absolute atomic E-state index is 11.0. The van der Waals surface area contributed by atoms with E-state index >= 15 is 0 Å². The fourth-order valence-corrected chi connectivity index (χ4v) is 1.74. The van der Waals surface area contributed by atoms with Crippen molar-refractivity contribution in [2.24, 2.45) is 0 Å². The van der Waals surface area contributed by atoms with Gasteiger partial charge in [0.05, 0.1) is 6.26 Å². The highest BCUT2D eigenvalue weighted by atomic mass is 79.9. The van der Waals surface area contributed by atoms with E-state index in [1.54, 1.807) is 24.3 Å². The summed E-state index contributed by atoms with van der Waals surface area (Å²) in [5.41, 5.74) is 0.529. The Morgan fingerprint density at radius 1 is 1.38 bits per heavy atom. The van der Waals surface area contributed by atoms with E-state index in [9.17, 15) is 8.42 Å². The zero-order valence-electron chi connectivity index (χ0n) is 9.10. The zero-order valence-corrected chi connectivity index (χ0v) is 11.5. The van der Waals surface area contributed by atoms with Crippen LogP contribution in [0.25, 0.3) is 0 Å². The molecule has 1 rings (SSSR count). The summed E-state index contributed by atoms with van der Waals surface area (Å²) in [7, 11) is -3.21. The summed E-state index contributed by atoms with van der Waals surface area (Å²) in [6.45, 7) is 2.55. The molecule has 4 nitrogen and oxygen atoms in total. The average Bonchev–Trinajstić information content (AvgIpc) is 2.14. The SMILES string of the molecule is CC(Br)COc1ccc(NS(C)(=O)=O)cc1. The molecule has 16 heavy (non-hydrogen) atoms. The van der Waals surface area contributed by atoms with Crippen LogP contribution in [0.2, 0.25) is 0 Å². The molecule has 1 N–H and O–H groups in total. The molecule has 90 valence electrons. The number of hydrogen-bond donors (Lipinski definition) is 1. The van der Waals surface area contributed by atoms with E-state index in [0.717, 1.165) is 6.26 Å². The Kier molecular flexibility index (Phi) is 4.61. The number of nitrogens with one attached hydrogen (secondary N) is 1. The molecule has 0 aliphatic rings. The summed E-state index contributed by atoms with van der Waals surface area (Å²) >= 11 is 3.37. The molecule has 0 amide bonds. The van der Waals surface area contributed by atoms with Crippen LogP contribution in [0.3, 0.4) is 0 Å². The molecule has 0 aliphatic carbocycles. The predicted molar refractivity (Wildman–Crippen MR) is 68.8 cm³/mol. The average molecular weight is 308 g/mol. The molecular weight excluding hydrogens is 294 g/mol. The first-order valence-corrected chi connectivity index (χ1v) is 7.52. The Balaban J connectivity index is 2.61. The topological polar surface area (TPSA) is 55.4 Å². The Morgan fingerprint density at radius 2 is 1.94 bits per heavy atom. The minimum atomic E-state index is -3.21. The number of hydrogen-bond acceptors (Lipinski definition) is 3. The van der Waals surface area contributed by atoms with Crippen molar-refractivity contribution in [2.45, 2.75) is 11.8 Å². The third-order valence-electron chi connectivity index (χ3n) is 1.64. The fourth-order valence-electron chi connectivity index (χ4n) is 1.04. The van der Waals surface area contributed by atoms with E-state index in [1.165, 1.54) is 0 Å². The minimum absolute atomic E-state index is 0.279. The number of benzene rings is 1. The van der Waals surface area contributed by atoms with Gasteiger partial charge in [-0.2, -0.15) is 0 Å². The highest BCUT2D eigenvalue weighted by Crippen LogP contribution is 2.17. The lowest BCUT2D eigenvalue weighted by Gasteiger charge is -2.08. The van der Waals surface area contributed by atoms with E-state index < -0.39 is 10.0 Å². The lowest BCUT2D eigenvalue weighted by molar-refractivity contribution is 0.324. The first-order valence-electron chi connectivity index (χ1n) is 4.71. The summed E-state index contributed by atoms with van der Waals surface area (Å²) in [6.07, 6.45) is 1.12. The highest BCUT2D eigenvalue weighted by molar-refractivity contribution is 9.09. The van der Waals surface area contributed by atoms with Crippen molar-refractivity contribution in [1.29, 1.82) is 0 Å². The first-order chi connectivity index (χ1) is 7.37. The lowest BCUT2D eigenvalue weighted by Crippen LogP contribution is -2.09. The van der Waals surface area contributed by atoms with Crippen LogP contribution in [0.4, 0.5) is 5.69 Å². The summed E-state index contributed by atoms with van der Waals surface area (Å²) in [5.74, 6) is 0.713. The number of alkyl halides is 1. The zero-order chi connectivity index (χ0) is 12.2. The van der Waals surface area contributed by atoms with Gasteiger partial charge in [-0.1, -0.05) is 15.9 Å². The molecule has 0 radical (unpaired) electrons. The summed E-state index contributed by atoms with van der Waals surface area (Å²) in [4.78, 5) is 0.279. The Morgan fingerprint density at radius 3 is 2.38 bits per heavy atom. The van der Waals surface area contributed by atoms with Gasteiger partial charge in [0.1, 0.15) is 12.4 Å². The van der Waals surface area contributed by atoms with Crippen molar-refractivity contribution in [3.63, 3.8) is 0 Å². The fraction of sp³-hybridized carbons (Fsp3) is 0.400. The molecule has 0 saturated carbocycles. The second-order valence-electron chi connectivity index (χ2n) is 3.49. The van der Waals surface area contributed by atoms with Crippen molar-refractivity contribution in [1.82, 2.24) is 0 Å². The second kappa shape index (κ2) is 5.54. The van der Waals surface area contributed by atoms with Crippen LogP contribution in [0.5, 0.6) is 5.75 Å². The molecular formula is C10H14BrNO3S. The van der Waals surface area contributed by atoms with Gasteiger partial charge in [-0.05, 0) is 31.2 Å². The molecule has 1 unspecified atom stereocenters. The maximum atomic E-state index is 11.0. The van der Waals surface area contributed by atoms with Gasteiger partial charge in [0.25, 0.3) is 0 Å². The first kappa shape index (κ1) is 13.3. The van der Waals surface area contributed by atoms with E-state index in [4.69, 9.17) is 4.74 Å². The van der Waals surface area contributed by atoms with Crippen LogP contribution in [-0.2, 0) is 10.0 Å². The quantitative estimate of drug-likeness (QED) is 0.849. The van der Waals surface area contributed by atoms with E-state index in [0.29, 0.717) is 18.0 Å². The van der Waals surface area contributed by atoms with E-state index in [-0.39, 0.29) is 4.83 Å². The summed E-state index contributed by atoms with van der Waals surface area (Å²) < 4.78 is 29.7. The summed E-state index contributed by atoms with van der Waals surface area (Å²) in [6, 6.07) is 6.77. The second-order valence-corrected chi connectivity index (χ2v) is 6.80. The van der Waals surface area contributed by atoms with Gasteiger partial charge in [-0.25, -0.2) is 8.42 Å². The van der Waals surface area contributed by atoms with Gasteiger partial charge in [0.15, 0.2) is 0 Å². The number of ether oxygens (including phenoxy) is 1. The molecule has 0 aromatic heterocycles. The van der Waals surface area contributed by atoms with Gasteiger partial charge in [0.2, 0.25) is 10.0 Å². The highest BCUT2D eigenvalue weighted by Gasteiger charge is 2.02. The van der Waals surface area contributed by atoms with Crippen molar-refractivity contribution >= 4 is 31.6 Å². The van der Waals surface area contributed by atoms with Crippen LogP contribution in [0.1, 0.15) is 6.92 Å². The number of sulfonamides is 1. The molecule has 1 aromatic carbocycles. The van der Waals surface area contributed by atoms with E-state index in [1.807, 2.05) is 6.92 Å². The number of anilines is 1. The molecule has 1 atom stereocenters.